The van der Waals surface area contributed by atoms with Crippen molar-refractivity contribution in [2.45, 2.75) is 25.2 Å². The summed E-state index contributed by atoms with van der Waals surface area (Å²) in [5.74, 6) is 1.37. The van der Waals surface area contributed by atoms with E-state index < -0.39 is 5.82 Å². The van der Waals surface area contributed by atoms with Crippen molar-refractivity contribution in [1.29, 1.82) is 0 Å². The minimum Gasteiger partial charge on any atom is -0.488 e. The number of pyridine rings is 1. The van der Waals surface area contributed by atoms with Gasteiger partial charge in [-0.05, 0) is 30.9 Å². The number of nitrogens with one attached hydrogen (secondary N) is 1. The summed E-state index contributed by atoms with van der Waals surface area (Å²) < 4.78 is 27.0. The lowest BCUT2D eigenvalue weighted by atomic mass is 9.79. The molecule has 5 rings (SSSR count). The van der Waals surface area contributed by atoms with Gasteiger partial charge in [0.15, 0.2) is 23.1 Å². The van der Waals surface area contributed by atoms with Gasteiger partial charge in [-0.25, -0.2) is 19.3 Å². The molecule has 0 unspecified atom stereocenters. The zero-order chi connectivity index (χ0) is 18.9. The maximum Gasteiger partial charge on any atom is 0.321 e. The molecule has 2 aliphatic rings. The molecule has 0 atom stereocenters. The van der Waals surface area contributed by atoms with Gasteiger partial charge >= 0.3 is 6.01 Å². The average Bonchev–Trinajstić information content (AvgIpc) is 2.70. The summed E-state index contributed by atoms with van der Waals surface area (Å²) in [4.78, 5) is 12.5. The van der Waals surface area contributed by atoms with E-state index in [1.807, 2.05) is 6.07 Å². The van der Waals surface area contributed by atoms with Crippen molar-refractivity contribution in [3.05, 3.63) is 54.2 Å². The Morgan fingerprint density at radius 2 is 2.00 bits per heavy atom. The van der Waals surface area contributed by atoms with Gasteiger partial charge in [-0.1, -0.05) is 18.6 Å². The lowest BCUT2D eigenvalue weighted by molar-refractivity contribution is 0.321. The van der Waals surface area contributed by atoms with E-state index >= 15 is 4.39 Å². The van der Waals surface area contributed by atoms with Crippen molar-refractivity contribution in [3.63, 3.8) is 0 Å². The van der Waals surface area contributed by atoms with Gasteiger partial charge in [0.2, 0.25) is 0 Å². The molecule has 0 radical (unpaired) electrons. The fourth-order valence-corrected chi connectivity index (χ4v) is 3.53. The molecule has 1 aliphatic heterocycles. The molecular weight excluding hydrogens is 359 g/mol. The fraction of sp³-hybridized carbons (Fsp3) is 0.286. The van der Waals surface area contributed by atoms with Crippen molar-refractivity contribution in [1.82, 2.24) is 15.0 Å². The highest BCUT2D eigenvalue weighted by Gasteiger charge is 2.27. The standard InChI is InChI=1S/C21H19FN4O2/c22-18-15(14-11-17-20(26-12-14)23-9-10-27-17)5-6-16(13-3-1-4-13)19(18)28-21-24-7-2-8-25-21/h2,5-8,11-13H,1,3-4,9-10H2,(H,23,26). The van der Waals surface area contributed by atoms with Crippen LogP contribution in [0.3, 0.4) is 0 Å². The van der Waals surface area contributed by atoms with Crippen LogP contribution in [0.4, 0.5) is 10.2 Å². The summed E-state index contributed by atoms with van der Waals surface area (Å²) in [6, 6.07) is 7.37. The lowest BCUT2D eigenvalue weighted by Crippen LogP contribution is -2.19. The third-order valence-electron chi connectivity index (χ3n) is 5.22. The third kappa shape index (κ3) is 3.02. The number of aromatic nitrogens is 3. The van der Waals surface area contributed by atoms with Crippen molar-refractivity contribution < 1.29 is 13.9 Å². The van der Waals surface area contributed by atoms with Crippen LogP contribution in [0.2, 0.25) is 0 Å². The predicted octanol–water partition coefficient (Wildman–Crippen LogP) is 4.54. The Morgan fingerprint density at radius 3 is 2.79 bits per heavy atom. The molecule has 1 fully saturated rings. The summed E-state index contributed by atoms with van der Waals surface area (Å²) in [5.41, 5.74) is 1.92. The zero-order valence-electron chi connectivity index (χ0n) is 15.2. The monoisotopic (exact) mass is 378 g/mol. The molecular formula is C21H19FN4O2. The Bertz CT molecular complexity index is 1010. The van der Waals surface area contributed by atoms with Gasteiger partial charge in [0.1, 0.15) is 6.61 Å². The van der Waals surface area contributed by atoms with E-state index in [2.05, 4.69) is 20.3 Å². The summed E-state index contributed by atoms with van der Waals surface area (Å²) in [6.07, 6.45) is 8.00. The third-order valence-corrected chi connectivity index (χ3v) is 5.22. The minimum atomic E-state index is -0.428. The molecule has 0 saturated heterocycles. The summed E-state index contributed by atoms with van der Waals surface area (Å²) in [5, 5.41) is 3.17. The molecule has 0 bridgehead atoms. The van der Waals surface area contributed by atoms with Crippen LogP contribution in [-0.2, 0) is 0 Å². The SMILES string of the molecule is Fc1c(-c2cnc3c(c2)OCCN3)ccc(C2CCC2)c1Oc1ncccn1. The van der Waals surface area contributed by atoms with E-state index in [9.17, 15) is 0 Å². The van der Waals surface area contributed by atoms with Gasteiger partial charge in [0.25, 0.3) is 0 Å². The first kappa shape index (κ1) is 16.9. The highest BCUT2D eigenvalue weighted by Crippen LogP contribution is 2.45. The van der Waals surface area contributed by atoms with Crippen LogP contribution in [0.25, 0.3) is 11.1 Å². The first-order valence-corrected chi connectivity index (χ1v) is 9.44. The minimum absolute atomic E-state index is 0.134. The zero-order valence-corrected chi connectivity index (χ0v) is 15.2. The van der Waals surface area contributed by atoms with E-state index in [4.69, 9.17) is 9.47 Å². The first-order chi connectivity index (χ1) is 13.8. The summed E-state index contributed by atoms with van der Waals surface area (Å²) >= 11 is 0. The van der Waals surface area contributed by atoms with Crippen molar-refractivity contribution >= 4 is 5.82 Å². The maximum atomic E-state index is 15.6. The van der Waals surface area contributed by atoms with Crippen LogP contribution in [0.1, 0.15) is 30.7 Å². The van der Waals surface area contributed by atoms with Gasteiger partial charge in [0, 0.05) is 35.3 Å². The van der Waals surface area contributed by atoms with Gasteiger partial charge < -0.3 is 14.8 Å². The summed E-state index contributed by atoms with van der Waals surface area (Å²) in [7, 11) is 0. The number of anilines is 1. The predicted molar refractivity (Wildman–Crippen MR) is 102 cm³/mol. The number of nitrogens with zero attached hydrogens (tertiary/aromatic N) is 3. The van der Waals surface area contributed by atoms with Crippen LogP contribution in [0.15, 0.2) is 42.9 Å². The maximum absolute atomic E-state index is 15.6. The Labute approximate surface area is 161 Å². The number of benzene rings is 1. The van der Waals surface area contributed by atoms with Crippen LogP contribution < -0.4 is 14.8 Å². The Hall–Kier alpha value is -3.22. The number of fused-ring (bicyclic) bond motifs is 1. The number of halogens is 1. The topological polar surface area (TPSA) is 69.2 Å². The molecule has 1 saturated carbocycles. The molecule has 0 spiro atoms. The molecule has 3 aromatic rings. The molecule has 142 valence electrons. The normalized spacial score (nSPS) is 15.8. The second-order valence-electron chi connectivity index (χ2n) is 6.95. The Kier molecular flexibility index (Phi) is 4.27. The van der Waals surface area contributed by atoms with E-state index in [1.54, 1.807) is 36.8 Å². The van der Waals surface area contributed by atoms with Crippen molar-refractivity contribution in [2.75, 3.05) is 18.5 Å². The smallest absolute Gasteiger partial charge is 0.321 e. The fourth-order valence-electron chi connectivity index (χ4n) is 3.53. The molecule has 0 amide bonds. The number of ether oxygens (including phenoxy) is 2. The van der Waals surface area contributed by atoms with Gasteiger partial charge in [0.05, 0.1) is 6.54 Å². The summed E-state index contributed by atoms with van der Waals surface area (Å²) in [6.45, 7) is 1.26. The van der Waals surface area contributed by atoms with Crippen LogP contribution >= 0.6 is 0 Å². The van der Waals surface area contributed by atoms with Crippen LogP contribution in [0, 0.1) is 5.82 Å². The first-order valence-electron chi connectivity index (χ1n) is 9.44. The van der Waals surface area contributed by atoms with E-state index in [0.29, 0.717) is 41.8 Å². The van der Waals surface area contributed by atoms with Crippen molar-refractivity contribution in [2.24, 2.45) is 0 Å². The molecule has 6 nitrogen and oxygen atoms in total. The lowest BCUT2D eigenvalue weighted by Gasteiger charge is -2.28. The van der Waals surface area contributed by atoms with Gasteiger partial charge in [-0.15, -0.1) is 0 Å². The van der Waals surface area contributed by atoms with E-state index in [0.717, 1.165) is 24.8 Å². The Balaban J connectivity index is 1.58. The van der Waals surface area contributed by atoms with Gasteiger partial charge in [-0.2, -0.15) is 0 Å². The molecule has 28 heavy (non-hydrogen) atoms. The van der Waals surface area contributed by atoms with Gasteiger partial charge in [-0.3, -0.25) is 0 Å². The molecule has 1 N–H and O–H groups in total. The number of hydrogen-bond donors (Lipinski definition) is 1. The number of rotatable bonds is 4. The molecule has 1 aromatic carbocycles. The number of hydrogen-bond acceptors (Lipinski definition) is 6. The van der Waals surface area contributed by atoms with E-state index in [-0.39, 0.29) is 11.8 Å². The highest BCUT2D eigenvalue weighted by molar-refractivity contribution is 5.71. The highest BCUT2D eigenvalue weighted by atomic mass is 19.1. The second kappa shape index (κ2) is 7.07. The van der Waals surface area contributed by atoms with E-state index in [1.165, 1.54) is 0 Å². The van der Waals surface area contributed by atoms with Crippen molar-refractivity contribution in [3.8, 4) is 28.6 Å². The quantitative estimate of drug-likeness (QED) is 0.719. The average molecular weight is 378 g/mol. The van der Waals surface area contributed by atoms with Crippen LogP contribution in [-0.4, -0.2) is 28.1 Å². The molecule has 3 heterocycles. The second-order valence-corrected chi connectivity index (χ2v) is 6.95. The molecule has 1 aliphatic carbocycles. The molecule has 2 aromatic heterocycles. The van der Waals surface area contributed by atoms with Crippen LogP contribution in [0.5, 0.6) is 17.5 Å². The molecule has 7 heteroatoms. The largest absolute Gasteiger partial charge is 0.488 e. The Morgan fingerprint density at radius 1 is 1.14 bits per heavy atom.